The molecule has 142 valence electrons. The highest BCUT2D eigenvalue weighted by molar-refractivity contribution is 6.45. The fourth-order valence-corrected chi connectivity index (χ4v) is 3.93. The zero-order valence-corrected chi connectivity index (χ0v) is 16.7. The number of fused-ring (bicyclic) bond motifs is 3. The van der Waals surface area contributed by atoms with Crippen LogP contribution in [0.3, 0.4) is 0 Å². The summed E-state index contributed by atoms with van der Waals surface area (Å²) in [5.74, 6) is -0.446. The van der Waals surface area contributed by atoms with E-state index in [0.29, 0.717) is 33.6 Å². The summed E-state index contributed by atoms with van der Waals surface area (Å²) in [6, 6.07) is 15.2. The van der Waals surface area contributed by atoms with Crippen molar-refractivity contribution in [1.29, 1.82) is 0 Å². The molecule has 2 heterocycles. The molecule has 0 spiro atoms. The molecule has 1 aliphatic heterocycles. The molecular weight excluding hydrogens is 395 g/mol. The second-order valence-corrected chi connectivity index (χ2v) is 7.21. The SMILES string of the molecule is CCOC(=O)C1=C(N)c2cc3c(Cl)c(Cl)ccc3n2CC=C1c1ccccc1. The molecule has 0 amide bonds. The molecule has 0 bridgehead atoms. The molecule has 2 N–H and O–H groups in total. The summed E-state index contributed by atoms with van der Waals surface area (Å²) in [7, 11) is 0. The average molecular weight is 413 g/mol. The van der Waals surface area contributed by atoms with Gasteiger partial charge in [-0.25, -0.2) is 4.79 Å². The molecule has 4 nitrogen and oxygen atoms in total. The number of hydrogen-bond donors (Lipinski definition) is 1. The molecule has 0 radical (unpaired) electrons. The number of esters is 1. The van der Waals surface area contributed by atoms with Gasteiger partial charge in [0.05, 0.1) is 39.1 Å². The van der Waals surface area contributed by atoms with Crippen LogP contribution in [0.1, 0.15) is 18.2 Å². The molecule has 0 atom stereocenters. The van der Waals surface area contributed by atoms with Gasteiger partial charge >= 0.3 is 5.97 Å². The van der Waals surface area contributed by atoms with Crippen LogP contribution in [0.25, 0.3) is 22.2 Å². The van der Waals surface area contributed by atoms with Gasteiger partial charge in [0, 0.05) is 11.9 Å². The summed E-state index contributed by atoms with van der Waals surface area (Å²) in [4.78, 5) is 12.8. The Bertz CT molecular complexity index is 1140. The van der Waals surface area contributed by atoms with Crippen molar-refractivity contribution in [2.45, 2.75) is 13.5 Å². The highest BCUT2D eigenvalue weighted by Crippen LogP contribution is 2.38. The van der Waals surface area contributed by atoms with Gasteiger partial charge < -0.3 is 15.0 Å². The first-order chi connectivity index (χ1) is 13.5. The molecule has 0 unspecified atom stereocenters. The second kappa shape index (κ2) is 7.38. The number of benzene rings is 2. The Morgan fingerprint density at radius 2 is 1.93 bits per heavy atom. The molecular formula is C22H18Cl2N2O2. The third-order valence-corrected chi connectivity index (χ3v) is 5.65. The first-order valence-electron chi connectivity index (χ1n) is 8.93. The van der Waals surface area contributed by atoms with Crippen molar-refractivity contribution in [3.63, 3.8) is 0 Å². The smallest absolute Gasteiger partial charge is 0.340 e. The molecule has 6 heteroatoms. The lowest BCUT2D eigenvalue weighted by Crippen LogP contribution is -2.15. The van der Waals surface area contributed by atoms with Crippen molar-refractivity contribution in [2.24, 2.45) is 5.73 Å². The van der Waals surface area contributed by atoms with Crippen LogP contribution >= 0.6 is 23.2 Å². The summed E-state index contributed by atoms with van der Waals surface area (Å²) in [5, 5.41) is 1.74. The molecule has 2 aromatic carbocycles. The summed E-state index contributed by atoms with van der Waals surface area (Å²) in [6.45, 7) is 2.57. The van der Waals surface area contributed by atoms with E-state index >= 15 is 0 Å². The molecule has 0 saturated heterocycles. The topological polar surface area (TPSA) is 57.2 Å². The quantitative estimate of drug-likeness (QED) is 0.595. The van der Waals surface area contributed by atoms with Crippen molar-refractivity contribution >= 4 is 51.3 Å². The van der Waals surface area contributed by atoms with Gasteiger partial charge in [0.2, 0.25) is 0 Å². The predicted octanol–water partition coefficient (Wildman–Crippen LogP) is 5.28. The van der Waals surface area contributed by atoms with Crippen molar-refractivity contribution in [1.82, 2.24) is 4.57 Å². The summed E-state index contributed by atoms with van der Waals surface area (Å²) in [5.41, 5.74) is 10.5. The van der Waals surface area contributed by atoms with E-state index in [1.54, 1.807) is 13.0 Å². The van der Waals surface area contributed by atoms with Crippen LogP contribution < -0.4 is 5.73 Å². The van der Waals surface area contributed by atoms with Crippen molar-refractivity contribution in [3.05, 3.63) is 81.5 Å². The average Bonchev–Trinajstić information content (AvgIpc) is 3.00. The van der Waals surface area contributed by atoms with Crippen LogP contribution in [0.2, 0.25) is 10.0 Å². The molecule has 0 aliphatic carbocycles. The second-order valence-electron chi connectivity index (χ2n) is 6.43. The minimum absolute atomic E-state index is 0.266. The van der Waals surface area contributed by atoms with Crippen molar-refractivity contribution < 1.29 is 9.53 Å². The van der Waals surface area contributed by atoms with Crippen molar-refractivity contribution in [2.75, 3.05) is 6.61 Å². The Morgan fingerprint density at radius 1 is 1.18 bits per heavy atom. The maximum absolute atomic E-state index is 12.8. The van der Waals surface area contributed by atoms with E-state index in [4.69, 9.17) is 33.7 Å². The highest BCUT2D eigenvalue weighted by Gasteiger charge is 2.27. The number of ether oxygens (including phenoxy) is 1. The monoisotopic (exact) mass is 412 g/mol. The molecule has 0 saturated carbocycles. The van der Waals surface area contributed by atoms with Crippen LogP contribution in [-0.4, -0.2) is 17.1 Å². The normalized spacial score (nSPS) is 13.9. The molecule has 1 aliphatic rings. The van der Waals surface area contributed by atoms with Gasteiger partial charge in [0.1, 0.15) is 0 Å². The van der Waals surface area contributed by atoms with Gasteiger partial charge in [0.25, 0.3) is 0 Å². The predicted molar refractivity (Wildman–Crippen MR) is 114 cm³/mol. The molecule has 28 heavy (non-hydrogen) atoms. The Kier molecular flexibility index (Phi) is 4.92. The first-order valence-corrected chi connectivity index (χ1v) is 9.69. The van der Waals surface area contributed by atoms with Crippen LogP contribution in [0.4, 0.5) is 0 Å². The highest BCUT2D eigenvalue weighted by atomic mass is 35.5. The van der Waals surface area contributed by atoms with E-state index in [1.807, 2.05) is 53.1 Å². The third-order valence-electron chi connectivity index (χ3n) is 4.83. The number of carbonyl (C=O) groups is 1. The Balaban J connectivity index is 1.99. The Morgan fingerprint density at radius 3 is 2.64 bits per heavy atom. The number of allylic oxidation sites excluding steroid dienone is 1. The zero-order chi connectivity index (χ0) is 19.8. The van der Waals surface area contributed by atoms with Crippen LogP contribution in [0, 0.1) is 0 Å². The number of hydrogen-bond acceptors (Lipinski definition) is 3. The van der Waals surface area contributed by atoms with Crippen LogP contribution in [0.5, 0.6) is 0 Å². The maximum Gasteiger partial charge on any atom is 0.340 e. The molecule has 1 aromatic heterocycles. The third kappa shape index (κ3) is 2.99. The lowest BCUT2D eigenvalue weighted by Gasteiger charge is -2.13. The van der Waals surface area contributed by atoms with Crippen LogP contribution in [0.15, 0.2) is 60.2 Å². The minimum Gasteiger partial charge on any atom is -0.462 e. The number of rotatable bonds is 3. The van der Waals surface area contributed by atoms with E-state index in [0.717, 1.165) is 22.0 Å². The summed E-state index contributed by atoms with van der Waals surface area (Å²) in [6.07, 6.45) is 1.99. The number of aromatic nitrogens is 1. The summed E-state index contributed by atoms with van der Waals surface area (Å²) >= 11 is 12.6. The largest absolute Gasteiger partial charge is 0.462 e. The van der Waals surface area contributed by atoms with Gasteiger partial charge in [-0.2, -0.15) is 0 Å². The lowest BCUT2D eigenvalue weighted by atomic mass is 9.95. The molecule has 4 rings (SSSR count). The standard InChI is InChI=1S/C22H18Cl2N2O2/c1-2-28-22(27)19-14(13-6-4-3-5-7-13)10-11-26-17-9-8-16(23)20(24)15(17)12-18(26)21(19)25/h3-10,12H,2,11,25H2,1H3. The maximum atomic E-state index is 12.8. The Hall–Kier alpha value is -2.69. The van der Waals surface area contributed by atoms with Gasteiger partial charge in [-0.05, 0) is 36.3 Å². The molecule has 3 aromatic rings. The van der Waals surface area contributed by atoms with Gasteiger partial charge in [-0.3, -0.25) is 0 Å². The van der Waals surface area contributed by atoms with Gasteiger partial charge in [-0.1, -0.05) is 59.6 Å². The van der Waals surface area contributed by atoms with Gasteiger partial charge in [0.15, 0.2) is 0 Å². The van der Waals surface area contributed by atoms with Gasteiger partial charge in [-0.15, -0.1) is 0 Å². The van der Waals surface area contributed by atoms with E-state index in [-0.39, 0.29) is 6.61 Å². The van der Waals surface area contributed by atoms with E-state index < -0.39 is 5.97 Å². The van der Waals surface area contributed by atoms with E-state index in [9.17, 15) is 4.79 Å². The molecule has 0 fully saturated rings. The number of nitrogens with two attached hydrogens (primary N) is 1. The Labute approximate surface area is 172 Å². The van der Waals surface area contributed by atoms with E-state index in [1.165, 1.54) is 0 Å². The number of carbonyl (C=O) groups excluding carboxylic acids is 1. The summed E-state index contributed by atoms with van der Waals surface area (Å²) < 4.78 is 7.35. The van der Waals surface area contributed by atoms with E-state index in [2.05, 4.69) is 0 Å². The number of halogens is 2. The first kappa shape index (κ1) is 18.7. The van der Waals surface area contributed by atoms with Crippen molar-refractivity contribution in [3.8, 4) is 0 Å². The fraction of sp³-hybridized carbons (Fsp3) is 0.136. The fourth-order valence-electron chi connectivity index (χ4n) is 3.55. The van der Waals surface area contributed by atoms with Crippen LogP contribution in [-0.2, 0) is 16.1 Å². The number of nitrogens with zero attached hydrogens (tertiary/aromatic N) is 1. The lowest BCUT2D eigenvalue weighted by molar-refractivity contribution is -0.137. The zero-order valence-electron chi connectivity index (χ0n) is 15.2. The minimum atomic E-state index is -0.446.